The summed E-state index contributed by atoms with van der Waals surface area (Å²) >= 11 is 0. The van der Waals surface area contributed by atoms with Crippen LogP contribution in [0.1, 0.15) is 51.3 Å². The summed E-state index contributed by atoms with van der Waals surface area (Å²) in [5.41, 5.74) is 2.74. The number of aryl methyl sites for hydroxylation is 1. The van der Waals surface area contributed by atoms with Crippen LogP contribution in [-0.4, -0.2) is 5.11 Å². The first-order chi connectivity index (χ1) is 6.88. The van der Waals surface area contributed by atoms with Crippen molar-refractivity contribution in [2.45, 2.75) is 46.6 Å². The Morgan fingerprint density at radius 3 is 2.07 bits per heavy atom. The molecule has 0 bridgehead atoms. The number of hydrogen-bond donors (Lipinski definition) is 1. The van der Waals surface area contributed by atoms with E-state index in [1.165, 1.54) is 12.0 Å². The zero-order valence-corrected chi connectivity index (χ0v) is 10.2. The number of aliphatic hydroxyl groups is 1. The lowest BCUT2D eigenvalue weighted by atomic mass is 9.88. The molecule has 0 amide bonds. The van der Waals surface area contributed by atoms with E-state index in [9.17, 15) is 5.11 Å². The first-order valence-electron chi connectivity index (χ1n) is 5.65. The average Bonchev–Trinajstić information content (AvgIpc) is 2.14. The maximum absolute atomic E-state index is 9.37. The summed E-state index contributed by atoms with van der Waals surface area (Å²) in [4.78, 5) is 0. The molecule has 0 spiro atoms. The fourth-order valence-electron chi connectivity index (χ4n) is 1.48. The van der Waals surface area contributed by atoms with Gasteiger partial charge in [-0.1, -0.05) is 45.0 Å². The first kappa shape index (κ1) is 12.3. The van der Waals surface area contributed by atoms with Crippen LogP contribution < -0.4 is 0 Å². The van der Waals surface area contributed by atoms with Gasteiger partial charge < -0.3 is 5.11 Å². The summed E-state index contributed by atoms with van der Waals surface area (Å²) in [5, 5.41) is 9.37. The molecule has 0 aliphatic heterocycles. The van der Waals surface area contributed by atoms with Crippen molar-refractivity contribution >= 4 is 0 Å². The summed E-state index contributed by atoms with van der Waals surface area (Å²) in [6, 6.07) is 8.27. The topological polar surface area (TPSA) is 20.2 Å². The molecule has 1 aromatic rings. The van der Waals surface area contributed by atoms with Crippen LogP contribution >= 0.6 is 0 Å². The molecule has 15 heavy (non-hydrogen) atoms. The summed E-state index contributed by atoms with van der Waals surface area (Å²) in [5.74, 6) is 0. The van der Waals surface area contributed by atoms with Crippen LogP contribution in [0.2, 0.25) is 0 Å². The van der Waals surface area contributed by atoms with Gasteiger partial charge in [-0.3, -0.25) is 0 Å². The van der Waals surface area contributed by atoms with Crippen LogP contribution in [0.25, 0.3) is 0 Å². The molecule has 1 atom stereocenters. The van der Waals surface area contributed by atoms with Gasteiger partial charge in [-0.05, 0) is 36.3 Å². The molecule has 84 valence electrons. The van der Waals surface area contributed by atoms with E-state index in [4.69, 9.17) is 0 Å². The van der Waals surface area contributed by atoms with E-state index >= 15 is 0 Å². The third kappa shape index (κ3) is 4.48. The van der Waals surface area contributed by atoms with Crippen molar-refractivity contribution in [1.29, 1.82) is 0 Å². The van der Waals surface area contributed by atoms with Gasteiger partial charge in [0.1, 0.15) is 0 Å². The molecule has 1 N–H and O–H groups in total. The van der Waals surface area contributed by atoms with Crippen LogP contribution in [0.15, 0.2) is 24.3 Å². The monoisotopic (exact) mass is 206 g/mol. The molecule has 0 saturated heterocycles. The molecule has 0 aromatic heterocycles. The Morgan fingerprint density at radius 2 is 1.67 bits per heavy atom. The normalized spacial score (nSPS) is 13.9. The quantitative estimate of drug-likeness (QED) is 0.799. The molecule has 1 unspecified atom stereocenters. The van der Waals surface area contributed by atoms with Gasteiger partial charge in [0.25, 0.3) is 0 Å². The van der Waals surface area contributed by atoms with Gasteiger partial charge in [0, 0.05) is 0 Å². The van der Waals surface area contributed by atoms with Gasteiger partial charge in [0.15, 0.2) is 0 Å². The molecule has 1 nitrogen and oxygen atoms in total. The first-order valence-corrected chi connectivity index (χ1v) is 5.65. The fraction of sp³-hybridized carbons (Fsp3) is 0.571. The van der Waals surface area contributed by atoms with Gasteiger partial charge in [0.05, 0.1) is 6.10 Å². The summed E-state index contributed by atoms with van der Waals surface area (Å²) in [6.45, 7) is 8.58. The fourth-order valence-corrected chi connectivity index (χ4v) is 1.48. The number of benzene rings is 1. The number of hydrogen-bond acceptors (Lipinski definition) is 1. The highest BCUT2D eigenvalue weighted by Crippen LogP contribution is 2.22. The number of rotatable bonds is 3. The molecular weight excluding hydrogens is 184 g/mol. The Morgan fingerprint density at radius 1 is 1.13 bits per heavy atom. The maximum atomic E-state index is 9.37. The van der Waals surface area contributed by atoms with Gasteiger partial charge >= 0.3 is 0 Å². The molecule has 0 heterocycles. The minimum absolute atomic E-state index is 0.360. The molecular formula is C14H22O. The summed E-state index contributed by atoms with van der Waals surface area (Å²) < 4.78 is 0. The second-order valence-corrected chi connectivity index (χ2v) is 5.48. The van der Waals surface area contributed by atoms with Crippen molar-refractivity contribution in [3.8, 4) is 0 Å². The van der Waals surface area contributed by atoms with E-state index in [1.807, 2.05) is 12.1 Å². The molecule has 0 radical (unpaired) electrons. The van der Waals surface area contributed by atoms with Crippen molar-refractivity contribution in [1.82, 2.24) is 0 Å². The molecule has 0 fully saturated rings. The minimum Gasteiger partial charge on any atom is -0.389 e. The lowest BCUT2D eigenvalue weighted by Gasteiger charge is -2.17. The molecule has 0 aliphatic rings. The smallest absolute Gasteiger partial charge is 0.0761 e. The Bertz CT molecular complexity index is 290. The number of aliphatic hydroxyl groups excluding tert-OH is 1. The van der Waals surface area contributed by atoms with Gasteiger partial charge in [-0.15, -0.1) is 0 Å². The standard InChI is InChI=1S/C14H22O/c1-11(15)13-7-5-12(6-8-13)9-10-14(2,3)4/h5-8,11,15H,9-10H2,1-4H3. The second kappa shape index (κ2) is 4.80. The summed E-state index contributed by atoms with van der Waals surface area (Å²) in [6.07, 6.45) is 1.95. The van der Waals surface area contributed by atoms with Crippen LogP contribution in [0, 0.1) is 5.41 Å². The Balaban J connectivity index is 2.57. The van der Waals surface area contributed by atoms with Crippen LogP contribution in [-0.2, 0) is 6.42 Å². The Hall–Kier alpha value is -0.820. The minimum atomic E-state index is -0.360. The summed E-state index contributed by atoms with van der Waals surface area (Å²) in [7, 11) is 0. The van der Waals surface area contributed by atoms with Gasteiger partial charge in [0.2, 0.25) is 0 Å². The van der Waals surface area contributed by atoms with E-state index in [-0.39, 0.29) is 6.10 Å². The van der Waals surface area contributed by atoms with E-state index in [0.717, 1.165) is 12.0 Å². The second-order valence-electron chi connectivity index (χ2n) is 5.48. The lowest BCUT2D eigenvalue weighted by molar-refractivity contribution is 0.199. The van der Waals surface area contributed by atoms with E-state index < -0.39 is 0 Å². The van der Waals surface area contributed by atoms with Gasteiger partial charge in [-0.2, -0.15) is 0 Å². The largest absolute Gasteiger partial charge is 0.389 e. The molecule has 1 rings (SSSR count). The predicted octanol–water partition coefficient (Wildman–Crippen LogP) is 3.72. The lowest BCUT2D eigenvalue weighted by Crippen LogP contribution is -2.06. The highest BCUT2D eigenvalue weighted by atomic mass is 16.3. The van der Waals surface area contributed by atoms with Crippen LogP contribution in [0.4, 0.5) is 0 Å². The van der Waals surface area contributed by atoms with Gasteiger partial charge in [-0.25, -0.2) is 0 Å². The zero-order valence-electron chi connectivity index (χ0n) is 10.2. The Kier molecular flexibility index (Phi) is 3.92. The third-order valence-corrected chi connectivity index (χ3v) is 2.63. The zero-order chi connectivity index (χ0) is 11.5. The van der Waals surface area contributed by atoms with Crippen molar-refractivity contribution in [3.63, 3.8) is 0 Å². The van der Waals surface area contributed by atoms with Crippen LogP contribution in [0.5, 0.6) is 0 Å². The van der Waals surface area contributed by atoms with Crippen molar-refractivity contribution in [2.24, 2.45) is 5.41 Å². The Labute approximate surface area is 93.1 Å². The van der Waals surface area contributed by atoms with E-state index in [2.05, 4.69) is 32.9 Å². The highest BCUT2D eigenvalue weighted by Gasteiger charge is 2.09. The molecule has 1 aromatic carbocycles. The maximum Gasteiger partial charge on any atom is 0.0761 e. The molecule has 0 aliphatic carbocycles. The third-order valence-electron chi connectivity index (χ3n) is 2.63. The average molecular weight is 206 g/mol. The van der Waals surface area contributed by atoms with Crippen LogP contribution in [0.3, 0.4) is 0 Å². The van der Waals surface area contributed by atoms with E-state index in [1.54, 1.807) is 6.92 Å². The predicted molar refractivity (Wildman–Crippen MR) is 64.9 cm³/mol. The molecule has 1 heteroatoms. The van der Waals surface area contributed by atoms with E-state index in [0.29, 0.717) is 5.41 Å². The van der Waals surface area contributed by atoms with Crippen molar-refractivity contribution < 1.29 is 5.11 Å². The highest BCUT2D eigenvalue weighted by molar-refractivity contribution is 5.23. The SMILES string of the molecule is CC(O)c1ccc(CCC(C)(C)C)cc1. The molecule has 0 saturated carbocycles. The van der Waals surface area contributed by atoms with Crippen molar-refractivity contribution in [2.75, 3.05) is 0 Å². The van der Waals surface area contributed by atoms with Crippen molar-refractivity contribution in [3.05, 3.63) is 35.4 Å².